The Morgan fingerprint density at radius 3 is 1.12 bits per heavy atom. The molecule has 0 aliphatic carbocycles. The average Bonchev–Trinajstić information content (AvgIpc) is 2.45. The van der Waals surface area contributed by atoms with Crippen molar-refractivity contribution in [3.63, 3.8) is 0 Å². The molecule has 26 heavy (non-hydrogen) atoms. The van der Waals surface area contributed by atoms with Crippen LogP contribution in [-0.4, -0.2) is 47.0 Å². The van der Waals surface area contributed by atoms with Gasteiger partial charge in [-0.1, -0.05) is 39.5 Å². The van der Waals surface area contributed by atoms with Gasteiger partial charge in [0, 0.05) is 0 Å². The highest BCUT2D eigenvalue weighted by Gasteiger charge is 2.36. The van der Waals surface area contributed by atoms with Gasteiger partial charge in [0.05, 0.1) is 13.2 Å². The Morgan fingerprint density at radius 2 is 0.846 bits per heavy atom. The molecule has 0 saturated heterocycles. The molecule has 0 bridgehead atoms. The van der Waals surface area contributed by atoms with Gasteiger partial charge in [0.15, 0.2) is 16.6 Å². The molecular formula is C18H46O4Si4. The van der Waals surface area contributed by atoms with Crippen molar-refractivity contribution in [1.82, 2.24) is 0 Å². The first kappa shape index (κ1) is 26.7. The lowest BCUT2D eigenvalue weighted by atomic mass is 10.4. The Labute approximate surface area is 168 Å². The van der Waals surface area contributed by atoms with Gasteiger partial charge in [-0.05, 0) is 64.5 Å². The second-order valence-electron chi connectivity index (χ2n) is 9.43. The molecule has 0 amide bonds. The van der Waals surface area contributed by atoms with Crippen molar-refractivity contribution in [2.75, 3.05) is 13.2 Å². The van der Waals surface area contributed by atoms with Crippen LogP contribution in [0, 0.1) is 0 Å². The highest BCUT2D eigenvalue weighted by molar-refractivity contribution is 6.82. The molecule has 0 fully saturated rings. The van der Waals surface area contributed by atoms with Crippen molar-refractivity contribution < 1.29 is 17.1 Å². The monoisotopic (exact) mass is 438 g/mol. The Balaban J connectivity index is 4.29. The summed E-state index contributed by atoms with van der Waals surface area (Å²) < 4.78 is 25.2. The highest BCUT2D eigenvalue weighted by Crippen LogP contribution is 2.23. The second-order valence-corrected chi connectivity index (χ2v) is 25.3. The first-order chi connectivity index (χ1) is 11.7. The largest absolute Gasteiger partial charge is 0.436 e. The maximum absolute atomic E-state index is 6.47. The summed E-state index contributed by atoms with van der Waals surface area (Å²) in [6, 6.07) is 2.43. The summed E-state index contributed by atoms with van der Waals surface area (Å²) in [6.07, 6.45) is 4.96. The molecule has 158 valence electrons. The third-order valence-corrected chi connectivity index (χ3v) is 17.6. The minimum absolute atomic E-state index is 0.605. The van der Waals surface area contributed by atoms with E-state index in [4.69, 9.17) is 17.1 Å². The van der Waals surface area contributed by atoms with Crippen molar-refractivity contribution in [3.05, 3.63) is 0 Å². The van der Waals surface area contributed by atoms with E-state index in [1.54, 1.807) is 0 Å². The van der Waals surface area contributed by atoms with Gasteiger partial charge in [-0.2, -0.15) is 0 Å². The molecule has 0 heterocycles. The van der Waals surface area contributed by atoms with E-state index in [2.05, 4.69) is 66.2 Å². The van der Waals surface area contributed by atoms with Gasteiger partial charge in [0.2, 0.25) is 0 Å². The molecule has 0 N–H and O–H groups in total. The third kappa shape index (κ3) is 13.8. The summed E-state index contributed by atoms with van der Waals surface area (Å²) in [4.78, 5) is 0. The fourth-order valence-electron chi connectivity index (χ4n) is 3.27. The standard InChI is InChI=1S/C18H46O4Si4/c1-11-13-17-23(3,4)21-25(7,8)19-15-16-20-26(9,10)22-24(5,6)18-14-12-2/h11-18H2,1-10H3. The number of rotatable bonds is 15. The predicted molar refractivity (Wildman–Crippen MR) is 123 cm³/mol. The zero-order valence-corrected chi connectivity index (χ0v) is 23.3. The zero-order valence-electron chi connectivity index (χ0n) is 19.3. The van der Waals surface area contributed by atoms with Crippen molar-refractivity contribution in [2.45, 2.75) is 104 Å². The van der Waals surface area contributed by atoms with Crippen LogP contribution in [0.4, 0.5) is 0 Å². The Morgan fingerprint density at radius 1 is 0.538 bits per heavy atom. The first-order valence-electron chi connectivity index (χ1n) is 10.4. The number of hydrogen-bond acceptors (Lipinski definition) is 4. The molecule has 0 unspecified atom stereocenters. The lowest BCUT2D eigenvalue weighted by molar-refractivity contribution is 0.160. The van der Waals surface area contributed by atoms with Gasteiger partial charge in [-0.3, -0.25) is 0 Å². The van der Waals surface area contributed by atoms with Gasteiger partial charge in [-0.15, -0.1) is 0 Å². The van der Waals surface area contributed by atoms with Crippen LogP contribution in [0.2, 0.25) is 64.5 Å². The summed E-state index contributed by atoms with van der Waals surface area (Å²) in [5.41, 5.74) is 0. The van der Waals surface area contributed by atoms with Gasteiger partial charge in [-0.25, -0.2) is 0 Å². The molecule has 0 aromatic rings. The zero-order chi connectivity index (χ0) is 20.5. The molecular weight excluding hydrogens is 393 g/mol. The van der Waals surface area contributed by atoms with Crippen molar-refractivity contribution in [1.29, 1.82) is 0 Å². The van der Waals surface area contributed by atoms with Gasteiger partial charge >= 0.3 is 17.1 Å². The van der Waals surface area contributed by atoms with E-state index in [9.17, 15) is 0 Å². The van der Waals surface area contributed by atoms with Crippen LogP contribution in [0.3, 0.4) is 0 Å². The quantitative estimate of drug-likeness (QED) is 0.217. The predicted octanol–water partition coefficient (Wildman–Crippen LogP) is 6.47. The van der Waals surface area contributed by atoms with E-state index in [0.717, 1.165) is 0 Å². The summed E-state index contributed by atoms with van der Waals surface area (Å²) in [7, 11) is -7.40. The summed E-state index contributed by atoms with van der Waals surface area (Å²) in [6.45, 7) is 23.6. The molecule has 0 aromatic heterocycles. The maximum atomic E-state index is 6.47. The van der Waals surface area contributed by atoms with Crippen LogP contribution in [0.15, 0.2) is 0 Å². The van der Waals surface area contributed by atoms with Crippen LogP contribution >= 0.6 is 0 Å². The van der Waals surface area contributed by atoms with Gasteiger partial charge in [0.1, 0.15) is 0 Å². The van der Waals surface area contributed by atoms with Crippen molar-refractivity contribution in [3.8, 4) is 0 Å². The van der Waals surface area contributed by atoms with Crippen LogP contribution < -0.4 is 0 Å². The molecule has 0 rings (SSSR count). The lowest BCUT2D eigenvalue weighted by Gasteiger charge is -2.35. The van der Waals surface area contributed by atoms with E-state index in [-0.39, 0.29) is 0 Å². The molecule has 0 spiro atoms. The van der Waals surface area contributed by atoms with Gasteiger partial charge < -0.3 is 17.1 Å². The molecule has 4 nitrogen and oxygen atoms in total. The molecule has 0 radical (unpaired) electrons. The van der Waals surface area contributed by atoms with Crippen LogP contribution in [0.1, 0.15) is 39.5 Å². The van der Waals surface area contributed by atoms with Crippen molar-refractivity contribution >= 4 is 33.8 Å². The summed E-state index contributed by atoms with van der Waals surface area (Å²) in [5, 5.41) is 0. The minimum Gasteiger partial charge on any atom is -0.436 e. The Hall–Kier alpha value is 0.708. The Bertz CT molecular complexity index is 351. The third-order valence-electron chi connectivity index (χ3n) is 4.29. The Kier molecular flexibility index (Phi) is 12.0. The molecule has 0 atom stereocenters. The number of hydrogen-bond donors (Lipinski definition) is 0. The van der Waals surface area contributed by atoms with E-state index in [0.29, 0.717) is 13.2 Å². The van der Waals surface area contributed by atoms with Crippen LogP contribution in [-0.2, 0) is 17.1 Å². The van der Waals surface area contributed by atoms with E-state index in [1.165, 1.54) is 37.8 Å². The number of unbranched alkanes of at least 4 members (excludes halogenated alkanes) is 2. The van der Waals surface area contributed by atoms with E-state index >= 15 is 0 Å². The van der Waals surface area contributed by atoms with Crippen LogP contribution in [0.25, 0.3) is 0 Å². The molecule has 0 saturated carbocycles. The molecule has 0 aliphatic heterocycles. The minimum atomic E-state index is -2.08. The SMILES string of the molecule is CCCC[Si](C)(C)O[Si](C)(C)OCCO[Si](C)(C)O[Si](C)(C)CCCC. The maximum Gasteiger partial charge on any atom is 0.321 e. The van der Waals surface area contributed by atoms with Crippen LogP contribution in [0.5, 0.6) is 0 Å². The normalized spacial score (nSPS) is 14.1. The molecule has 8 heteroatoms. The smallest absolute Gasteiger partial charge is 0.321 e. The molecule has 0 aliphatic rings. The fourth-order valence-corrected chi connectivity index (χ4v) is 18.8. The average molecular weight is 439 g/mol. The van der Waals surface area contributed by atoms with E-state index < -0.39 is 33.8 Å². The van der Waals surface area contributed by atoms with Crippen molar-refractivity contribution in [2.24, 2.45) is 0 Å². The molecule has 0 aromatic carbocycles. The summed E-state index contributed by atoms with van der Waals surface area (Å²) in [5.74, 6) is 0. The highest BCUT2D eigenvalue weighted by atomic mass is 28.4. The first-order valence-corrected chi connectivity index (χ1v) is 22.3. The van der Waals surface area contributed by atoms with Gasteiger partial charge in [0.25, 0.3) is 0 Å². The lowest BCUT2D eigenvalue weighted by Crippen LogP contribution is -2.48. The summed E-state index contributed by atoms with van der Waals surface area (Å²) >= 11 is 0. The topological polar surface area (TPSA) is 36.9 Å². The van der Waals surface area contributed by atoms with E-state index in [1.807, 2.05) is 0 Å². The second kappa shape index (κ2) is 11.6. The fraction of sp³-hybridized carbons (Fsp3) is 1.00.